The minimum atomic E-state index is -1.21. The molecular weight excluding hydrogens is 440 g/mol. The van der Waals surface area contributed by atoms with Gasteiger partial charge in [0.25, 0.3) is 5.91 Å². The molecule has 3 aromatic rings. The highest BCUT2D eigenvalue weighted by molar-refractivity contribution is 6.61. The van der Waals surface area contributed by atoms with Gasteiger partial charge in [0, 0.05) is 12.0 Å². The van der Waals surface area contributed by atoms with Gasteiger partial charge in [-0.2, -0.15) is 0 Å². The molecule has 31 heavy (non-hydrogen) atoms. The van der Waals surface area contributed by atoms with Crippen molar-refractivity contribution in [2.75, 3.05) is 0 Å². The molecule has 1 amide bonds. The molecule has 3 aromatic carbocycles. The highest BCUT2D eigenvalue weighted by Crippen LogP contribution is 2.25. The first-order chi connectivity index (χ1) is 14.9. The van der Waals surface area contributed by atoms with E-state index in [1.165, 1.54) is 6.07 Å². The molecule has 7 heteroatoms. The number of carbonyl (C=O) groups excluding carboxylic acids is 1. The van der Waals surface area contributed by atoms with Crippen molar-refractivity contribution in [3.05, 3.63) is 100 Å². The SMILES string of the molecule is O=C(N[C@@H](Cc1ccc(-c2ccccc2F)cc1)C(=O)O)C(=C(Cl)Cl)c1ccccc1. The zero-order valence-electron chi connectivity index (χ0n) is 16.2. The van der Waals surface area contributed by atoms with Gasteiger partial charge in [-0.1, -0.05) is 96.0 Å². The maximum absolute atomic E-state index is 14.0. The summed E-state index contributed by atoms with van der Waals surface area (Å²) in [6.07, 6.45) is 0.0284. The number of benzene rings is 3. The summed E-state index contributed by atoms with van der Waals surface area (Å²) in [7, 11) is 0. The first-order valence-corrected chi connectivity index (χ1v) is 10.1. The van der Waals surface area contributed by atoms with E-state index >= 15 is 0 Å². The van der Waals surface area contributed by atoms with Crippen molar-refractivity contribution < 1.29 is 19.1 Å². The van der Waals surface area contributed by atoms with E-state index in [0.29, 0.717) is 22.3 Å². The summed E-state index contributed by atoms with van der Waals surface area (Å²) in [5.74, 6) is -2.24. The van der Waals surface area contributed by atoms with Gasteiger partial charge in [-0.25, -0.2) is 9.18 Å². The number of nitrogens with one attached hydrogen (secondary N) is 1. The standard InChI is InChI=1S/C24H18Cl2FNO3/c25-22(26)21(17-6-2-1-3-7-17)23(29)28-20(24(30)31)14-15-10-12-16(13-11-15)18-8-4-5-9-19(18)27/h1-13,20H,14H2,(H,28,29)(H,30,31)/t20-/m0/s1. The molecule has 0 saturated heterocycles. The van der Waals surface area contributed by atoms with Gasteiger partial charge < -0.3 is 10.4 Å². The Labute approximate surface area is 188 Å². The Morgan fingerprint density at radius 2 is 1.52 bits per heavy atom. The lowest BCUT2D eigenvalue weighted by molar-refractivity contribution is -0.141. The van der Waals surface area contributed by atoms with Crippen LogP contribution in [0.2, 0.25) is 0 Å². The number of rotatable bonds is 7. The molecule has 0 aliphatic heterocycles. The predicted molar refractivity (Wildman–Crippen MR) is 120 cm³/mol. The summed E-state index contributed by atoms with van der Waals surface area (Å²) >= 11 is 11.8. The van der Waals surface area contributed by atoms with Gasteiger partial charge in [-0.05, 0) is 22.8 Å². The second kappa shape index (κ2) is 10.2. The number of hydrogen-bond acceptors (Lipinski definition) is 2. The molecule has 0 bridgehead atoms. The molecule has 0 aromatic heterocycles. The second-order valence-corrected chi connectivity index (χ2v) is 7.70. The highest BCUT2D eigenvalue weighted by atomic mass is 35.5. The molecule has 0 fully saturated rings. The van der Waals surface area contributed by atoms with Gasteiger partial charge in [-0.3, -0.25) is 4.79 Å². The fraction of sp³-hybridized carbons (Fsp3) is 0.0833. The Kier molecular flexibility index (Phi) is 7.45. The van der Waals surface area contributed by atoms with Crippen molar-refractivity contribution in [2.24, 2.45) is 0 Å². The molecule has 0 aliphatic carbocycles. The van der Waals surface area contributed by atoms with E-state index in [9.17, 15) is 19.1 Å². The minimum absolute atomic E-state index is 0.00918. The van der Waals surface area contributed by atoms with Crippen LogP contribution in [0.25, 0.3) is 16.7 Å². The molecule has 0 spiro atoms. The average molecular weight is 458 g/mol. The van der Waals surface area contributed by atoms with Gasteiger partial charge in [0.15, 0.2) is 0 Å². The molecule has 0 saturated carbocycles. The van der Waals surface area contributed by atoms with E-state index < -0.39 is 17.9 Å². The van der Waals surface area contributed by atoms with E-state index in [2.05, 4.69) is 5.32 Å². The largest absolute Gasteiger partial charge is 0.480 e. The third kappa shape index (κ3) is 5.72. The third-order valence-corrected chi connectivity index (χ3v) is 5.04. The lowest BCUT2D eigenvalue weighted by atomic mass is 10.00. The monoisotopic (exact) mass is 457 g/mol. The molecule has 0 heterocycles. The smallest absolute Gasteiger partial charge is 0.326 e. The quantitative estimate of drug-likeness (QED) is 0.463. The normalized spacial score (nSPS) is 11.5. The van der Waals surface area contributed by atoms with Crippen LogP contribution in [0.15, 0.2) is 83.4 Å². The topological polar surface area (TPSA) is 66.4 Å². The lowest BCUT2D eigenvalue weighted by Gasteiger charge is -2.17. The second-order valence-electron chi connectivity index (χ2n) is 6.75. The Bertz CT molecular complexity index is 1110. The number of amides is 1. The Balaban J connectivity index is 1.77. The number of aliphatic carboxylic acids is 1. The van der Waals surface area contributed by atoms with E-state index in [-0.39, 0.29) is 22.3 Å². The fourth-order valence-electron chi connectivity index (χ4n) is 3.11. The van der Waals surface area contributed by atoms with Crippen LogP contribution in [-0.4, -0.2) is 23.0 Å². The predicted octanol–water partition coefficient (Wildman–Crippen LogP) is 5.45. The van der Waals surface area contributed by atoms with Crippen molar-refractivity contribution in [2.45, 2.75) is 12.5 Å². The van der Waals surface area contributed by atoms with Gasteiger partial charge >= 0.3 is 5.97 Å². The summed E-state index contributed by atoms with van der Waals surface area (Å²) < 4.78 is 13.7. The van der Waals surface area contributed by atoms with Crippen molar-refractivity contribution in [1.29, 1.82) is 0 Å². The first kappa shape index (κ1) is 22.5. The summed E-state index contributed by atoms with van der Waals surface area (Å²) in [5, 5.41) is 12.1. The van der Waals surface area contributed by atoms with E-state index in [4.69, 9.17) is 23.2 Å². The molecule has 0 aliphatic rings. The van der Waals surface area contributed by atoms with Crippen molar-refractivity contribution in [3.63, 3.8) is 0 Å². The van der Waals surface area contributed by atoms with Gasteiger partial charge in [0.05, 0.1) is 5.57 Å². The molecule has 3 rings (SSSR count). The summed E-state index contributed by atoms with van der Waals surface area (Å²) in [5.41, 5.74) is 2.24. The number of halogens is 3. The fourth-order valence-corrected chi connectivity index (χ4v) is 3.50. The summed E-state index contributed by atoms with van der Waals surface area (Å²) in [6, 6.07) is 20.5. The van der Waals surface area contributed by atoms with Crippen LogP contribution in [0.1, 0.15) is 11.1 Å². The van der Waals surface area contributed by atoms with Gasteiger partial charge in [-0.15, -0.1) is 0 Å². The Hall–Kier alpha value is -3.15. The van der Waals surface area contributed by atoms with E-state index in [0.717, 1.165) is 0 Å². The molecule has 4 nitrogen and oxygen atoms in total. The molecule has 2 N–H and O–H groups in total. The average Bonchev–Trinajstić information content (AvgIpc) is 2.75. The van der Waals surface area contributed by atoms with Crippen LogP contribution in [0.5, 0.6) is 0 Å². The summed E-state index contributed by atoms with van der Waals surface area (Å²) in [6.45, 7) is 0. The first-order valence-electron chi connectivity index (χ1n) is 9.35. The molecule has 0 radical (unpaired) electrons. The third-order valence-electron chi connectivity index (χ3n) is 4.66. The van der Waals surface area contributed by atoms with E-state index in [1.807, 2.05) is 0 Å². The molecule has 1 atom stereocenters. The zero-order chi connectivity index (χ0) is 22.4. The number of hydrogen-bond donors (Lipinski definition) is 2. The lowest BCUT2D eigenvalue weighted by Crippen LogP contribution is -2.42. The molecule has 158 valence electrons. The van der Waals surface area contributed by atoms with Crippen LogP contribution in [-0.2, 0) is 16.0 Å². The van der Waals surface area contributed by atoms with Gasteiger partial charge in [0.2, 0.25) is 0 Å². The van der Waals surface area contributed by atoms with Crippen LogP contribution < -0.4 is 5.32 Å². The Morgan fingerprint density at radius 1 is 0.903 bits per heavy atom. The van der Waals surface area contributed by atoms with Crippen LogP contribution >= 0.6 is 23.2 Å². The van der Waals surface area contributed by atoms with E-state index in [1.54, 1.807) is 72.8 Å². The highest BCUT2D eigenvalue weighted by Gasteiger charge is 2.24. The van der Waals surface area contributed by atoms with Crippen LogP contribution in [0.3, 0.4) is 0 Å². The molecular formula is C24H18Cl2FNO3. The van der Waals surface area contributed by atoms with Crippen molar-refractivity contribution in [1.82, 2.24) is 5.32 Å². The zero-order valence-corrected chi connectivity index (χ0v) is 17.7. The van der Waals surface area contributed by atoms with Crippen molar-refractivity contribution >= 4 is 40.7 Å². The van der Waals surface area contributed by atoms with Crippen LogP contribution in [0, 0.1) is 5.82 Å². The number of carbonyl (C=O) groups is 2. The van der Waals surface area contributed by atoms with Crippen molar-refractivity contribution in [3.8, 4) is 11.1 Å². The number of carboxylic acids is 1. The van der Waals surface area contributed by atoms with Crippen LogP contribution in [0.4, 0.5) is 4.39 Å². The molecule has 0 unspecified atom stereocenters. The van der Waals surface area contributed by atoms with Gasteiger partial charge in [0.1, 0.15) is 16.4 Å². The maximum atomic E-state index is 14.0. The maximum Gasteiger partial charge on any atom is 0.326 e. The minimum Gasteiger partial charge on any atom is -0.480 e. The number of carboxylic acid groups (broad SMARTS) is 1. The summed E-state index contributed by atoms with van der Waals surface area (Å²) in [4.78, 5) is 24.5. The Morgan fingerprint density at radius 3 is 2.10 bits per heavy atom.